The minimum atomic E-state index is -0.970. The zero-order chi connectivity index (χ0) is 16.2. The van der Waals surface area contributed by atoms with Crippen LogP contribution < -0.4 is 11.1 Å². The molecule has 1 aliphatic heterocycles. The highest BCUT2D eigenvalue weighted by Crippen LogP contribution is 2.26. The number of halogens is 1. The first-order chi connectivity index (χ1) is 10.5. The van der Waals surface area contributed by atoms with Crippen LogP contribution in [-0.4, -0.2) is 23.8 Å². The quantitative estimate of drug-likeness (QED) is 0.874. The van der Waals surface area contributed by atoms with Crippen LogP contribution in [0, 0.1) is 0 Å². The molecule has 0 fully saturated rings. The minimum Gasteiger partial charge on any atom is -0.357 e. The summed E-state index contributed by atoms with van der Waals surface area (Å²) in [5.74, 6) is -0.0445. The summed E-state index contributed by atoms with van der Waals surface area (Å²) in [6, 6.07) is 7.57. The Labute approximate surface area is 138 Å². The number of aliphatic imine (C=N–C) groups is 1. The lowest BCUT2D eigenvalue weighted by atomic mass is 10.1. The van der Waals surface area contributed by atoms with Gasteiger partial charge in [0, 0.05) is 29.4 Å². The summed E-state index contributed by atoms with van der Waals surface area (Å²) in [5, 5.41) is 4.04. The number of nitrogens with two attached hydrogens (primary N) is 1. The van der Waals surface area contributed by atoms with Gasteiger partial charge in [-0.3, -0.25) is 5.73 Å². The van der Waals surface area contributed by atoms with Crippen molar-refractivity contribution in [2.24, 2.45) is 10.7 Å². The van der Waals surface area contributed by atoms with Gasteiger partial charge in [0.2, 0.25) is 5.79 Å². The summed E-state index contributed by atoms with van der Waals surface area (Å²) < 4.78 is 0. The van der Waals surface area contributed by atoms with Crippen molar-refractivity contribution >= 4 is 17.4 Å². The van der Waals surface area contributed by atoms with Crippen LogP contribution in [-0.2, 0) is 5.79 Å². The number of likely N-dealkylation sites (N-methyl/N-ethyl adjacent to an activating group) is 1. The number of rotatable bonds is 5. The average Bonchev–Trinajstić information content (AvgIpc) is 2.48. The molecule has 1 heterocycles. The van der Waals surface area contributed by atoms with Crippen molar-refractivity contribution in [2.45, 2.75) is 39.4 Å². The number of amidine groups is 1. The van der Waals surface area contributed by atoms with E-state index in [0.717, 1.165) is 43.0 Å². The van der Waals surface area contributed by atoms with E-state index in [1.54, 1.807) is 0 Å². The predicted molar refractivity (Wildman–Crippen MR) is 93.8 cm³/mol. The van der Waals surface area contributed by atoms with E-state index < -0.39 is 5.79 Å². The van der Waals surface area contributed by atoms with E-state index in [0.29, 0.717) is 5.02 Å². The van der Waals surface area contributed by atoms with Gasteiger partial charge < -0.3 is 10.2 Å². The molecule has 120 valence electrons. The number of hydrogen-bond donors (Lipinski definition) is 2. The Bertz CT molecular complexity index is 578. The van der Waals surface area contributed by atoms with E-state index in [1.165, 1.54) is 0 Å². The second kappa shape index (κ2) is 7.16. The first-order valence-electron chi connectivity index (χ1n) is 7.90. The summed E-state index contributed by atoms with van der Waals surface area (Å²) in [5.41, 5.74) is 8.56. The molecular weight excluding hydrogens is 296 g/mol. The maximum atomic E-state index is 6.58. The van der Waals surface area contributed by atoms with E-state index in [4.69, 9.17) is 22.3 Å². The van der Waals surface area contributed by atoms with E-state index in [1.807, 2.05) is 24.3 Å². The average molecular weight is 321 g/mol. The van der Waals surface area contributed by atoms with Crippen molar-refractivity contribution in [3.05, 3.63) is 46.6 Å². The molecule has 5 heteroatoms. The number of nitrogens with zero attached hydrogens (tertiary/aromatic N) is 2. The highest BCUT2D eigenvalue weighted by molar-refractivity contribution is 6.30. The number of hydrogen-bond acceptors (Lipinski definition) is 4. The fourth-order valence-corrected chi connectivity index (χ4v) is 2.84. The number of allylic oxidation sites excluding steroid dienone is 1. The molecule has 0 radical (unpaired) electrons. The first kappa shape index (κ1) is 16.8. The molecule has 0 aromatic heterocycles. The third-order valence-electron chi connectivity index (χ3n) is 3.82. The fourth-order valence-electron chi connectivity index (χ4n) is 2.65. The Kier molecular flexibility index (Phi) is 5.48. The largest absolute Gasteiger partial charge is 0.357 e. The topological polar surface area (TPSA) is 53.6 Å². The van der Waals surface area contributed by atoms with E-state index in [-0.39, 0.29) is 0 Å². The van der Waals surface area contributed by atoms with Gasteiger partial charge in [0.05, 0.1) is 0 Å². The minimum absolute atomic E-state index is 0.662. The Morgan fingerprint density at radius 3 is 2.59 bits per heavy atom. The SMILES string of the molecule is CCCC1=CC(N(CC)CC)=NC(N)(c2cccc(Cl)c2)N1. The van der Waals surface area contributed by atoms with E-state index in [9.17, 15) is 0 Å². The third-order valence-corrected chi connectivity index (χ3v) is 4.05. The van der Waals surface area contributed by atoms with Gasteiger partial charge in [-0.2, -0.15) is 0 Å². The van der Waals surface area contributed by atoms with Crippen molar-refractivity contribution in [1.82, 2.24) is 10.2 Å². The Morgan fingerprint density at radius 1 is 1.27 bits per heavy atom. The van der Waals surface area contributed by atoms with Crippen LogP contribution in [0.2, 0.25) is 5.02 Å². The molecule has 1 atom stereocenters. The maximum Gasteiger partial charge on any atom is 0.211 e. The third kappa shape index (κ3) is 3.62. The van der Waals surface area contributed by atoms with Gasteiger partial charge in [0.25, 0.3) is 0 Å². The molecule has 2 rings (SSSR count). The van der Waals surface area contributed by atoms with Gasteiger partial charge in [-0.05, 0) is 38.5 Å². The molecule has 1 aromatic rings. The molecule has 22 heavy (non-hydrogen) atoms. The van der Waals surface area contributed by atoms with Crippen LogP contribution in [0.1, 0.15) is 39.2 Å². The lowest BCUT2D eigenvalue weighted by Crippen LogP contribution is -2.52. The Hall–Kier alpha value is -1.52. The lowest BCUT2D eigenvalue weighted by Gasteiger charge is -2.36. The van der Waals surface area contributed by atoms with Gasteiger partial charge in [-0.15, -0.1) is 0 Å². The molecule has 0 aliphatic carbocycles. The number of nitrogens with one attached hydrogen (secondary N) is 1. The lowest BCUT2D eigenvalue weighted by molar-refractivity contribution is 0.367. The summed E-state index contributed by atoms with van der Waals surface area (Å²) in [6.45, 7) is 8.20. The smallest absolute Gasteiger partial charge is 0.211 e. The van der Waals surface area contributed by atoms with E-state index >= 15 is 0 Å². The van der Waals surface area contributed by atoms with Crippen molar-refractivity contribution in [1.29, 1.82) is 0 Å². The Morgan fingerprint density at radius 2 is 2.00 bits per heavy atom. The molecule has 0 saturated heterocycles. The molecule has 1 unspecified atom stereocenters. The summed E-state index contributed by atoms with van der Waals surface area (Å²) in [6.07, 6.45) is 4.10. The van der Waals surface area contributed by atoms with Gasteiger partial charge in [0.1, 0.15) is 5.84 Å². The number of benzene rings is 1. The van der Waals surface area contributed by atoms with Crippen LogP contribution in [0.5, 0.6) is 0 Å². The molecule has 0 saturated carbocycles. The van der Waals surface area contributed by atoms with Crippen LogP contribution in [0.25, 0.3) is 0 Å². The highest BCUT2D eigenvalue weighted by Gasteiger charge is 2.31. The van der Waals surface area contributed by atoms with Crippen LogP contribution >= 0.6 is 11.6 Å². The second-order valence-electron chi connectivity index (χ2n) is 5.46. The maximum absolute atomic E-state index is 6.58. The molecule has 0 bridgehead atoms. The van der Waals surface area contributed by atoms with Crippen LogP contribution in [0.4, 0.5) is 0 Å². The normalized spacial score (nSPS) is 21.0. The van der Waals surface area contributed by atoms with Crippen LogP contribution in [0.3, 0.4) is 0 Å². The molecule has 0 amide bonds. The molecule has 1 aliphatic rings. The molecular formula is C17H25ClN4. The molecule has 1 aromatic carbocycles. The summed E-state index contributed by atoms with van der Waals surface area (Å²) in [7, 11) is 0. The first-order valence-corrected chi connectivity index (χ1v) is 8.28. The molecule has 4 nitrogen and oxygen atoms in total. The van der Waals surface area contributed by atoms with Gasteiger partial charge in [-0.1, -0.05) is 37.1 Å². The van der Waals surface area contributed by atoms with Gasteiger partial charge in [0.15, 0.2) is 0 Å². The van der Waals surface area contributed by atoms with E-state index in [2.05, 4.69) is 37.1 Å². The van der Waals surface area contributed by atoms with Crippen LogP contribution in [0.15, 0.2) is 41.0 Å². The molecule has 0 spiro atoms. The highest BCUT2D eigenvalue weighted by atomic mass is 35.5. The predicted octanol–water partition coefficient (Wildman–Crippen LogP) is 3.44. The fraction of sp³-hybridized carbons (Fsp3) is 0.471. The van der Waals surface area contributed by atoms with Gasteiger partial charge >= 0.3 is 0 Å². The zero-order valence-corrected chi connectivity index (χ0v) is 14.3. The second-order valence-corrected chi connectivity index (χ2v) is 5.90. The summed E-state index contributed by atoms with van der Waals surface area (Å²) >= 11 is 6.12. The monoisotopic (exact) mass is 320 g/mol. The zero-order valence-electron chi connectivity index (χ0n) is 13.6. The Balaban J connectivity index is 2.44. The van der Waals surface area contributed by atoms with Crippen molar-refractivity contribution in [3.8, 4) is 0 Å². The van der Waals surface area contributed by atoms with Crippen molar-refractivity contribution in [3.63, 3.8) is 0 Å². The standard InChI is InChI=1S/C17H25ClN4/c1-4-8-15-12-16(22(5-2)6-3)21-17(19,20-15)13-9-7-10-14(18)11-13/h7,9-12,20H,4-6,8,19H2,1-3H3. The van der Waals surface area contributed by atoms with Crippen molar-refractivity contribution in [2.75, 3.05) is 13.1 Å². The summed E-state index contributed by atoms with van der Waals surface area (Å²) in [4.78, 5) is 6.98. The molecule has 3 N–H and O–H groups in total. The van der Waals surface area contributed by atoms with Gasteiger partial charge in [-0.25, -0.2) is 4.99 Å². The van der Waals surface area contributed by atoms with Crippen molar-refractivity contribution < 1.29 is 0 Å².